The lowest BCUT2D eigenvalue weighted by molar-refractivity contribution is -0.122. The fraction of sp³-hybridized carbons (Fsp3) is 0.250. The average Bonchev–Trinajstić information content (AvgIpc) is 3.37. The van der Waals surface area contributed by atoms with Crippen LogP contribution in [-0.2, 0) is 14.2 Å². The zero-order chi connectivity index (χ0) is 34.8. The second-order valence-corrected chi connectivity index (χ2v) is 14.1. The summed E-state index contributed by atoms with van der Waals surface area (Å²) in [6.07, 6.45) is 3.24. The third-order valence-corrected chi connectivity index (χ3v) is 10.3. The van der Waals surface area contributed by atoms with Crippen LogP contribution in [0.5, 0.6) is 11.5 Å². The topological polar surface area (TPSA) is 108 Å². The van der Waals surface area contributed by atoms with Crippen molar-refractivity contribution in [1.82, 2.24) is 0 Å². The van der Waals surface area contributed by atoms with Crippen molar-refractivity contribution < 1.29 is 29.1 Å². The highest BCUT2D eigenvalue weighted by molar-refractivity contribution is 9.10. The fourth-order valence-electron chi connectivity index (χ4n) is 7.56. The minimum atomic E-state index is -1.08. The molecule has 3 aliphatic rings. The van der Waals surface area contributed by atoms with Crippen LogP contribution in [0.1, 0.15) is 31.7 Å². The number of anilines is 3. The van der Waals surface area contributed by atoms with E-state index in [-0.39, 0.29) is 36.4 Å². The molecule has 254 valence electrons. The molecule has 0 radical (unpaired) electrons. The molecule has 2 heterocycles. The molecule has 2 fully saturated rings. The van der Waals surface area contributed by atoms with Crippen LogP contribution in [0.3, 0.4) is 0 Å². The van der Waals surface area contributed by atoms with E-state index in [4.69, 9.17) is 9.39 Å². The number of imide groups is 1. The lowest BCUT2D eigenvalue weighted by Gasteiger charge is -2.43. The van der Waals surface area contributed by atoms with Gasteiger partial charge in [-0.2, -0.15) is 0 Å². The number of fused-ring (bicyclic) bond motifs is 3. The number of carbonyl (C=O) groups is 2. The Kier molecular flexibility index (Phi) is 9.94. The van der Waals surface area contributed by atoms with Crippen molar-refractivity contribution in [2.75, 3.05) is 16.8 Å². The van der Waals surface area contributed by atoms with Crippen LogP contribution in [0.15, 0.2) is 124 Å². The van der Waals surface area contributed by atoms with Gasteiger partial charge < -0.3 is 24.8 Å². The molecule has 1 aliphatic carbocycles. The summed E-state index contributed by atoms with van der Waals surface area (Å²) in [4.78, 5) is 29.7. The highest BCUT2D eigenvalue weighted by atomic mass is 79.9. The van der Waals surface area contributed by atoms with Crippen molar-refractivity contribution >= 4 is 58.0 Å². The number of phenolic OH excluding ortho intramolecular Hbond substituents is 1. The number of rotatable bonds is 10. The summed E-state index contributed by atoms with van der Waals surface area (Å²) in [7, 11) is -1.08. The molecule has 4 aromatic carbocycles. The van der Waals surface area contributed by atoms with E-state index in [9.17, 15) is 19.7 Å². The minimum Gasteiger partial charge on any atom is -0.507 e. The van der Waals surface area contributed by atoms with E-state index in [2.05, 4.69) is 21.2 Å². The molecule has 4 aromatic rings. The summed E-state index contributed by atoms with van der Waals surface area (Å²) in [5.41, 5.74) is 5.93. The third kappa shape index (κ3) is 7.15. The number of hydrogen-bond donors (Lipinski definition) is 3. The Bertz CT molecular complexity index is 1930. The quantitative estimate of drug-likeness (QED) is 0.0858. The Balaban J connectivity index is 1.16. The van der Waals surface area contributed by atoms with Crippen molar-refractivity contribution in [3.05, 3.63) is 130 Å². The van der Waals surface area contributed by atoms with E-state index < -0.39 is 25.1 Å². The first-order valence-electron chi connectivity index (χ1n) is 16.9. The maximum absolute atomic E-state index is 14.3. The van der Waals surface area contributed by atoms with E-state index in [1.54, 1.807) is 24.3 Å². The van der Waals surface area contributed by atoms with E-state index in [1.165, 1.54) is 4.90 Å². The number of phenols is 1. The van der Waals surface area contributed by atoms with Crippen LogP contribution in [0.2, 0.25) is 6.32 Å². The molecule has 4 atom stereocenters. The number of carbonyl (C=O) groups excluding carboxylic acids is 2. The molecule has 0 unspecified atom stereocenters. The molecule has 2 amide bonds. The zero-order valence-corrected chi connectivity index (χ0v) is 29.3. The normalized spacial score (nSPS) is 22.0. The van der Waals surface area contributed by atoms with Crippen molar-refractivity contribution in [2.24, 2.45) is 17.8 Å². The Hall–Kier alpha value is -4.64. The Labute approximate surface area is 300 Å². The maximum atomic E-state index is 14.3. The van der Waals surface area contributed by atoms with Crippen molar-refractivity contribution in [2.45, 2.75) is 38.6 Å². The third-order valence-electron chi connectivity index (χ3n) is 9.84. The molecular formula is C40H38BBrN2O6. The van der Waals surface area contributed by atoms with Gasteiger partial charge in [0.15, 0.2) is 0 Å². The van der Waals surface area contributed by atoms with E-state index in [0.717, 1.165) is 32.6 Å². The van der Waals surface area contributed by atoms with Crippen LogP contribution < -0.4 is 15.0 Å². The number of amides is 2. The Morgan fingerprint density at radius 3 is 2.40 bits per heavy atom. The largest absolute Gasteiger partial charge is 0.507 e. The van der Waals surface area contributed by atoms with E-state index >= 15 is 0 Å². The van der Waals surface area contributed by atoms with Crippen LogP contribution >= 0.6 is 15.9 Å². The molecule has 0 bridgehead atoms. The Morgan fingerprint density at radius 1 is 0.960 bits per heavy atom. The van der Waals surface area contributed by atoms with Crippen LogP contribution in [-0.4, -0.2) is 41.8 Å². The standard InChI is InChI=1S/C40H38BBrN2O6/c1-25(20-26-21-28(42)13-18-35(26)45)12-19-36-37-27(24-49-32-10-6-3-7-11-32)22-33-38(34(37)23-41(48)50-36)40(47)44(39(33)46)31-16-14-30(15-17-31)43-29-8-4-2-5-9-29/h2-11,13-18,20-21,33-34,36,38,43,45,48H,12,19,22-24H2,1H3/b25-20+/t33-,34+,36-,38-/m1/s1. The first kappa shape index (κ1) is 33.8. The molecule has 0 aromatic heterocycles. The van der Waals surface area contributed by atoms with Gasteiger partial charge in [0.2, 0.25) is 11.8 Å². The van der Waals surface area contributed by atoms with Gasteiger partial charge >= 0.3 is 7.12 Å². The van der Waals surface area contributed by atoms with E-state index in [0.29, 0.717) is 36.3 Å². The summed E-state index contributed by atoms with van der Waals surface area (Å²) in [5, 5.41) is 24.8. The van der Waals surface area contributed by atoms with Gasteiger partial charge in [-0.3, -0.25) is 14.5 Å². The summed E-state index contributed by atoms with van der Waals surface area (Å²) in [6, 6.07) is 31.9. The van der Waals surface area contributed by atoms with Crippen LogP contribution in [0.25, 0.3) is 6.08 Å². The molecule has 0 saturated carbocycles. The SMILES string of the molecule is C/C(=C\c1cc(Br)ccc1O)CC[C@H]1OB(O)C[C@H]2C1=C(COc1ccccc1)C[C@H]1C(=O)N(c3ccc(Nc4ccccc4)cc3)C(=O)[C@H]12. The highest BCUT2D eigenvalue weighted by Crippen LogP contribution is 2.51. The van der Waals surface area contributed by atoms with Gasteiger partial charge in [-0.05, 0) is 116 Å². The highest BCUT2D eigenvalue weighted by Gasteiger charge is 2.57. The second kappa shape index (κ2) is 14.7. The summed E-state index contributed by atoms with van der Waals surface area (Å²) >= 11 is 3.47. The summed E-state index contributed by atoms with van der Waals surface area (Å²) in [6.45, 7) is 2.25. The number of halogens is 1. The van der Waals surface area contributed by atoms with Gasteiger partial charge in [0.1, 0.15) is 18.1 Å². The first-order valence-corrected chi connectivity index (χ1v) is 17.7. The second-order valence-electron chi connectivity index (χ2n) is 13.2. The predicted octanol–water partition coefficient (Wildman–Crippen LogP) is 8.16. The molecule has 3 N–H and O–H groups in total. The van der Waals surface area contributed by atoms with Crippen molar-refractivity contribution in [1.29, 1.82) is 0 Å². The molecule has 8 nitrogen and oxygen atoms in total. The Morgan fingerprint density at radius 2 is 1.66 bits per heavy atom. The number of allylic oxidation sites excluding steroid dienone is 1. The van der Waals surface area contributed by atoms with Crippen LogP contribution in [0, 0.1) is 17.8 Å². The smallest absolute Gasteiger partial charge is 0.455 e. The summed E-state index contributed by atoms with van der Waals surface area (Å²) in [5.74, 6) is -1.14. The van der Waals surface area contributed by atoms with Crippen LogP contribution in [0.4, 0.5) is 17.1 Å². The lowest BCUT2D eigenvalue weighted by atomic mass is 9.58. The molecule has 10 heteroatoms. The lowest BCUT2D eigenvalue weighted by Crippen LogP contribution is -2.46. The molecule has 2 saturated heterocycles. The maximum Gasteiger partial charge on any atom is 0.455 e. The van der Waals surface area contributed by atoms with Gasteiger partial charge in [0, 0.05) is 21.4 Å². The van der Waals surface area contributed by atoms with Gasteiger partial charge in [-0.1, -0.05) is 64.0 Å². The molecule has 2 aliphatic heterocycles. The monoisotopic (exact) mass is 732 g/mol. The number of aromatic hydroxyl groups is 1. The van der Waals surface area contributed by atoms with Gasteiger partial charge in [-0.25, -0.2) is 0 Å². The average molecular weight is 733 g/mol. The molecule has 0 spiro atoms. The predicted molar refractivity (Wildman–Crippen MR) is 199 cm³/mol. The number of ether oxygens (including phenoxy) is 1. The number of nitrogens with one attached hydrogen (secondary N) is 1. The first-order chi connectivity index (χ1) is 24.2. The molecular weight excluding hydrogens is 695 g/mol. The number of nitrogens with zero attached hydrogens (tertiary/aromatic N) is 1. The van der Waals surface area contributed by atoms with Gasteiger partial charge in [-0.15, -0.1) is 0 Å². The number of benzene rings is 4. The van der Waals surface area contributed by atoms with Crippen molar-refractivity contribution in [3.63, 3.8) is 0 Å². The van der Waals surface area contributed by atoms with Gasteiger partial charge in [0.25, 0.3) is 0 Å². The van der Waals surface area contributed by atoms with Crippen molar-refractivity contribution in [3.8, 4) is 11.5 Å². The minimum absolute atomic E-state index is 0.189. The molecule has 7 rings (SSSR count). The summed E-state index contributed by atoms with van der Waals surface area (Å²) < 4.78 is 13.3. The fourth-order valence-corrected chi connectivity index (χ4v) is 7.94. The zero-order valence-electron chi connectivity index (χ0n) is 27.7. The number of para-hydroxylation sites is 2. The van der Waals surface area contributed by atoms with Gasteiger partial charge in [0.05, 0.1) is 23.6 Å². The number of hydrogen-bond acceptors (Lipinski definition) is 7. The van der Waals surface area contributed by atoms with E-state index in [1.807, 2.05) is 91.9 Å². The molecule has 50 heavy (non-hydrogen) atoms.